The molecule has 100 valence electrons. The first kappa shape index (κ1) is 13.3. The van der Waals surface area contributed by atoms with Gasteiger partial charge >= 0.3 is 0 Å². The topological polar surface area (TPSA) is 60.2 Å². The van der Waals surface area contributed by atoms with Crippen molar-refractivity contribution in [1.82, 2.24) is 0 Å². The lowest BCUT2D eigenvalue weighted by Gasteiger charge is -2.42. The summed E-state index contributed by atoms with van der Waals surface area (Å²) in [6, 6.07) is 0. The van der Waals surface area contributed by atoms with Crippen molar-refractivity contribution in [3.63, 3.8) is 0 Å². The Hall–Kier alpha value is -0.0900. The molecule has 1 saturated carbocycles. The van der Waals surface area contributed by atoms with Gasteiger partial charge in [0.2, 0.25) is 0 Å². The maximum Gasteiger partial charge on any atom is 0.150 e. The normalized spacial score (nSPS) is 41.9. The van der Waals surface area contributed by atoms with Crippen LogP contribution in [0, 0.1) is 17.8 Å². The van der Waals surface area contributed by atoms with Gasteiger partial charge < -0.3 is 5.73 Å². The molecule has 0 aromatic heterocycles. The second-order valence-electron chi connectivity index (χ2n) is 6.41. The van der Waals surface area contributed by atoms with Crippen LogP contribution in [0.1, 0.15) is 46.0 Å². The second-order valence-corrected chi connectivity index (χ2v) is 8.64. The van der Waals surface area contributed by atoms with Gasteiger partial charge in [0, 0.05) is 5.54 Å². The molecule has 2 N–H and O–H groups in total. The average Bonchev–Trinajstić information content (AvgIpc) is 2.60. The largest absolute Gasteiger partial charge is 0.325 e. The Labute approximate surface area is 105 Å². The molecule has 0 aromatic rings. The Bertz CT molecular complexity index is 367. The molecule has 4 heteroatoms. The van der Waals surface area contributed by atoms with Crippen LogP contribution in [-0.2, 0) is 9.84 Å². The van der Waals surface area contributed by atoms with Gasteiger partial charge in [-0.3, -0.25) is 0 Å². The SMILES string of the molecule is CC(C)C1CCC(N)(C2CCS(=O)(=O)C2)CC1. The fourth-order valence-electron chi connectivity index (χ4n) is 3.50. The van der Waals surface area contributed by atoms with Crippen LogP contribution in [0.4, 0.5) is 0 Å². The molecular formula is C13H25NO2S. The van der Waals surface area contributed by atoms with E-state index in [-0.39, 0.29) is 11.5 Å². The summed E-state index contributed by atoms with van der Waals surface area (Å²) in [6.45, 7) is 4.54. The first-order valence-electron chi connectivity index (χ1n) is 6.82. The van der Waals surface area contributed by atoms with Crippen molar-refractivity contribution < 1.29 is 8.42 Å². The van der Waals surface area contributed by atoms with E-state index in [1.165, 1.54) is 12.8 Å². The molecule has 3 nitrogen and oxygen atoms in total. The molecule has 1 unspecified atom stereocenters. The van der Waals surface area contributed by atoms with Crippen molar-refractivity contribution in [3.05, 3.63) is 0 Å². The van der Waals surface area contributed by atoms with Crippen molar-refractivity contribution in [3.8, 4) is 0 Å². The quantitative estimate of drug-likeness (QED) is 0.824. The predicted molar refractivity (Wildman–Crippen MR) is 70.5 cm³/mol. The summed E-state index contributed by atoms with van der Waals surface area (Å²) in [4.78, 5) is 0. The van der Waals surface area contributed by atoms with E-state index in [4.69, 9.17) is 5.73 Å². The number of rotatable bonds is 2. The lowest BCUT2D eigenvalue weighted by atomic mass is 9.68. The smallest absolute Gasteiger partial charge is 0.150 e. The molecule has 0 radical (unpaired) electrons. The van der Waals surface area contributed by atoms with Gasteiger partial charge in [-0.2, -0.15) is 0 Å². The second kappa shape index (κ2) is 4.54. The highest BCUT2D eigenvalue weighted by atomic mass is 32.2. The summed E-state index contributed by atoms with van der Waals surface area (Å²) in [5.74, 6) is 2.40. The Morgan fingerprint density at radius 2 is 1.76 bits per heavy atom. The Balaban J connectivity index is 1.98. The fraction of sp³-hybridized carbons (Fsp3) is 1.00. The zero-order chi connectivity index (χ0) is 12.7. The lowest BCUT2D eigenvalue weighted by Crippen LogP contribution is -2.50. The maximum atomic E-state index is 11.5. The number of hydrogen-bond acceptors (Lipinski definition) is 3. The van der Waals surface area contributed by atoms with Crippen LogP contribution in [0.25, 0.3) is 0 Å². The average molecular weight is 259 g/mol. The highest BCUT2D eigenvalue weighted by Crippen LogP contribution is 2.41. The van der Waals surface area contributed by atoms with Crippen LogP contribution in [0.15, 0.2) is 0 Å². The summed E-state index contributed by atoms with van der Waals surface area (Å²) < 4.78 is 23.1. The number of sulfone groups is 1. The van der Waals surface area contributed by atoms with Crippen molar-refractivity contribution in [2.45, 2.75) is 51.5 Å². The molecule has 0 amide bonds. The third-order valence-corrected chi connectivity index (χ3v) is 6.72. The van der Waals surface area contributed by atoms with E-state index in [1.807, 2.05) is 0 Å². The zero-order valence-electron chi connectivity index (χ0n) is 11.0. The number of hydrogen-bond donors (Lipinski definition) is 1. The van der Waals surface area contributed by atoms with Crippen LogP contribution in [0.5, 0.6) is 0 Å². The minimum atomic E-state index is -2.79. The highest BCUT2D eigenvalue weighted by Gasteiger charge is 2.44. The molecule has 1 aliphatic carbocycles. The number of nitrogens with two attached hydrogens (primary N) is 1. The highest BCUT2D eigenvalue weighted by molar-refractivity contribution is 7.91. The van der Waals surface area contributed by atoms with E-state index in [2.05, 4.69) is 13.8 Å². The molecule has 1 heterocycles. The summed E-state index contributed by atoms with van der Waals surface area (Å²) >= 11 is 0. The molecule has 0 aromatic carbocycles. The molecule has 1 saturated heterocycles. The molecule has 2 rings (SSSR count). The first-order valence-corrected chi connectivity index (χ1v) is 8.64. The molecule has 2 aliphatic rings. The van der Waals surface area contributed by atoms with Gasteiger partial charge in [-0.05, 0) is 49.9 Å². The van der Waals surface area contributed by atoms with E-state index in [1.54, 1.807) is 0 Å². The van der Waals surface area contributed by atoms with E-state index in [9.17, 15) is 8.42 Å². The van der Waals surface area contributed by atoms with Gasteiger partial charge in [-0.15, -0.1) is 0 Å². The van der Waals surface area contributed by atoms with Crippen LogP contribution in [0.3, 0.4) is 0 Å². The van der Waals surface area contributed by atoms with Gasteiger partial charge in [-0.1, -0.05) is 13.8 Å². The summed E-state index contributed by atoms with van der Waals surface area (Å²) in [5.41, 5.74) is 6.28. The molecule has 0 bridgehead atoms. The Morgan fingerprint density at radius 1 is 1.18 bits per heavy atom. The first-order chi connectivity index (χ1) is 7.82. The predicted octanol–water partition coefficient (Wildman–Crippen LogP) is 1.96. The van der Waals surface area contributed by atoms with E-state index in [0.717, 1.165) is 31.1 Å². The maximum absolute atomic E-state index is 11.5. The van der Waals surface area contributed by atoms with E-state index >= 15 is 0 Å². The van der Waals surface area contributed by atoms with Gasteiger partial charge in [0.15, 0.2) is 9.84 Å². The van der Waals surface area contributed by atoms with E-state index < -0.39 is 9.84 Å². The minimum absolute atomic E-state index is 0.199. The van der Waals surface area contributed by atoms with E-state index in [0.29, 0.717) is 11.5 Å². The van der Waals surface area contributed by atoms with Gasteiger partial charge in [0.05, 0.1) is 11.5 Å². The molecular weight excluding hydrogens is 234 g/mol. The van der Waals surface area contributed by atoms with Crippen LogP contribution in [-0.4, -0.2) is 25.5 Å². The fourth-order valence-corrected chi connectivity index (χ4v) is 5.42. The van der Waals surface area contributed by atoms with Crippen molar-refractivity contribution in [2.75, 3.05) is 11.5 Å². The zero-order valence-corrected chi connectivity index (χ0v) is 11.8. The third-order valence-electron chi connectivity index (χ3n) is 4.95. The molecule has 17 heavy (non-hydrogen) atoms. The van der Waals surface area contributed by atoms with Crippen LogP contribution < -0.4 is 5.73 Å². The van der Waals surface area contributed by atoms with Crippen LogP contribution >= 0.6 is 0 Å². The summed E-state index contributed by atoms with van der Waals surface area (Å²) in [6.07, 6.45) is 5.15. The van der Waals surface area contributed by atoms with Crippen LogP contribution in [0.2, 0.25) is 0 Å². The van der Waals surface area contributed by atoms with Gasteiger partial charge in [0.25, 0.3) is 0 Å². The Kier molecular flexibility index (Phi) is 3.56. The lowest BCUT2D eigenvalue weighted by molar-refractivity contribution is 0.150. The third kappa shape index (κ3) is 2.84. The summed E-state index contributed by atoms with van der Waals surface area (Å²) in [5, 5.41) is 0. The Morgan fingerprint density at radius 3 is 2.18 bits per heavy atom. The standard InChI is InChI=1S/C13H25NO2S/c1-10(2)11-3-6-13(14,7-4-11)12-5-8-17(15,16)9-12/h10-12H,3-9,14H2,1-2H3. The molecule has 1 aliphatic heterocycles. The van der Waals surface area contributed by atoms with Gasteiger partial charge in [0.1, 0.15) is 0 Å². The molecule has 0 spiro atoms. The van der Waals surface area contributed by atoms with Crippen molar-refractivity contribution in [2.24, 2.45) is 23.5 Å². The van der Waals surface area contributed by atoms with Gasteiger partial charge in [-0.25, -0.2) is 8.42 Å². The summed E-state index contributed by atoms with van der Waals surface area (Å²) in [7, 11) is -2.79. The van der Waals surface area contributed by atoms with Crippen molar-refractivity contribution in [1.29, 1.82) is 0 Å². The monoisotopic (exact) mass is 259 g/mol. The molecule has 1 atom stereocenters. The minimum Gasteiger partial charge on any atom is -0.325 e. The molecule has 2 fully saturated rings. The van der Waals surface area contributed by atoms with Crippen molar-refractivity contribution >= 4 is 9.84 Å².